The van der Waals surface area contributed by atoms with E-state index in [0.717, 1.165) is 26.7 Å². The van der Waals surface area contributed by atoms with Crippen LogP contribution in [0.1, 0.15) is 6.92 Å². The van der Waals surface area contributed by atoms with E-state index in [1.54, 1.807) is 24.9 Å². The predicted octanol–water partition coefficient (Wildman–Crippen LogP) is 6.55. The summed E-state index contributed by atoms with van der Waals surface area (Å²) in [5.41, 5.74) is 2.56. The van der Waals surface area contributed by atoms with Crippen LogP contribution in [0.5, 0.6) is 5.75 Å². The third-order valence-electron chi connectivity index (χ3n) is 5.44. The zero-order valence-electron chi connectivity index (χ0n) is 18.6. The minimum Gasteiger partial charge on any atom is -0.496 e. The van der Waals surface area contributed by atoms with Crippen LogP contribution in [0, 0.1) is 0 Å². The molecule has 34 heavy (non-hydrogen) atoms. The highest BCUT2D eigenvalue weighted by atomic mass is 35.5. The molecule has 0 aliphatic carbocycles. The van der Waals surface area contributed by atoms with Crippen LogP contribution in [0.4, 0.5) is 11.4 Å². The van der Waals surface area contributed by atoms with E-state index in [1.807, 2.05) is 77.1 Å². The van der Waals surface area contributed by atoms with Crippen LogP contribution in [0.25, 0.3) is 11.4 Å². The maximum Gasteiger partial charge on any atom is 0.242 e. The predicted molar refractivity (Wildman–Crippen MR) is 138 cm³/mol. The number of aromatic nitrogens is 3. The molecule has 1 aliphatic rings. The zero-order valence-corrected chi connectivity index (χ0v) is 21.0. The summed E-state index contributed by atoms with van der Waals surface area (Å²) in [4.78, 5) is 17.4. The van der Waals surface area contributed by atoms with Gasteiger partial charge >= 0.3 is 0 Å². The van der Waals surface area contributed by atoms with E-state index >= 15 is 0 Å². The van der Waals surface area contributed by atoms with Gasteiger partial charge < -0.3 is 9.30 Å². The first kappa shape index (κ1) is 22.8. The average molecular weight is 509 g/mol. The number of para-hydroxylation sites is 2. The van der Waals surface area contributed by atoms with Crippen molar-refractivity contribution in [3.63, 3.8) is 0 Å². The van der Waals surface area contributed by atoms with Crippen molar-refractivity contribution in [3.8, 4) is 17.1 Å². The van der Waals surface area contributed by atoms with Gasteiger partial charge in [-0.1, -0.05) is 59.4 Å². The van der Waals surface area contributed by atoms with Crippen LogP contribution in [0.2, 0.25) is 5.02 Å². The number of methoxy groups -OCH3 is 1. The largest absolute Gasteiger partial charge is 0.496 e. The standard InChI is InChI=1S/C25H21ClN4O2S2/c1-3-29-24(17-14-16(26)12-13-20(17)32-2)27-28-25(29)33-15-23(31)30-18-8-4-6-10-21(18)34-22-11-7-5-9-19(22)30/h4-14H,3,15H2,1-2H3. The fourth-order valence-electron chi connectivity index (χ4n) is 3.90. The number of thioether (sulfide) groups is 1. The van der Waals surface area contributed by atoms with Crippen LogP contribution in [-0.4, -0.2) is 33.5 Å². The topological polar surface area (TPSA) is 60.2 Å². The van der Waals surface area contributed by atoms with Crippen LogP contribution in [-0.2, 0) is 11.3 Å². The van der Waals surface area contributed by atoms with Gasteiger partial charge in [0.2, 0.25) is 5.91 Å². The maximum absolute atomic E-state index is 13.5. The molecule has 2 heterocycles. The minimum absolute atomic E-state index is 0.0160. The molecular formula is C25H21ClN4O2S2. The number of amides is 1. The summed E-state index contributed by atoms with van der Waals surface area (Å²) in [5.74, 6) is 1.52. The Morgan fingerprint density at radius 2 is 1.71 bits per heavy atom. The van der Waals surface area contributed by atoms with Crippen LogP contribution < -0.4 is 9.64 Å². The van der Waals surface area contributed by atoms with E-state index in [0.29, 0.717) is 28.3 Å². The second kappa shape index (κ2) is 9.74. The minimum atomic E-state index is -0.0160. The lowest BCUT2D eigenvalue weighted by Crippen LogP contribution is -2.30. The normalized spacial score (nSPS) is 12.3. The lowest BCUT2D eigenvalue weighted by atomic mass is 10.2. The van der Waals surface area contributed by atoms with Crippen molar-refractivity contribution < 1.29 is 9.53 Å². The molecule has 0 radical (unpaired) electrons. The highest BCUT2D eigenvalue weighted by Crippen LogP contribution is 2.48. The molecule has 0 spiro atoms. The molecular weight excluding hydrogens is 488 g/mol. The first-order valence-corrected chi connectivity index (χ1v) is 12.9. The number of halogens is 1. The van der Waals surface area contributed by atoms with Crippen molar-refractivity contribution in [2.45, 2.75) is 28.4 Å². The van der Waals surface area contributed by atoms with Gasteiger partial charge in [-0.3, -0.25) is 9.69 Å². The third kappa shape index (κ3) is 4.17. The first-order chi connectivity index (χ1) is 16.6. The molecule has 0 saturated heterocycles. The van der Waals surface area contributed by atoms with Crippen molar-refractivity contribution in [2.24, 2.45) is 0 Å². The van der Waals surface area contributed by atoms with Crippen LogP contribution in [0.15, 0.2) is 81.7 Å². The number of rotatable bonds is 6. The average Bonchev–Trinajstić information content (AvgIpc) is 3.28. The van der Waals surface area contributed by atoms with Gasteiger partial charge in [0.05, 0.1) is 29.8 Å². The van der Waals surface area contributed by atoms with E-state index in [9.17, 15) is 4.79 Å². The summed E-state index contributed by atoms with van der Waals surface area (Å²) >= 11 is 9.28. The molecule has 0 bridgehead atoms. The summed E-state index contributed by atoms with van der Waals surface area (Å²) < 4.78 is 7.47. The van der Waals surface area contributed by atoms with Gasteiger partial charge in [-0.2, -0.15) is 0 Å². The van der Waals surface area contributed by atoms with Crippen molar-refractivity contribution in [2.75, 3.05) is 17.8 Å². The smallest absolute Gasteiger partial charge is 0.242 e. The number of anilines is 2. The molecule has 0 atom stereocenters. The Bertz CT molecular complexity index is 1330. The lowest BCUT2D eigenvalue weighted by molar-refractivity contribution is -0.115. The Labute approximate surface area is 211 Å². The quantitative estimate of drug-likeness (QED) is 0.275. The second-order valence-electron chi connectivity index (χ2n) is 7.45. The van der Waals surface area contributed by atoms with Gasteiger partial charge in [0.25, 0.3) is 0 Å². The summed E-state index contributed by atoms with van der Waals surface area (Å²) in [6.45, 7) is 2.66. The molecule has 1 aliphatic heterocycles. The van der Waals surface area contributed by atoms with Crippen molar-refractivity contribution in [1.82, 2.24) is 14.8 Å². The number of carbonyl (C=O) groups excluding carboxylic acids is 1. The maximum atomic E-state index is 13.5. The van der Waals surface area contributed by atoms with Gasteiger partial charge in [-0.15, -0.1) is 10.2 Å². The molecule has 0 unspecified atom stereocenters. The molecule has 1 amide bonds. The van der Waals surface area contributed by atoms with E-state index in [-0.39, 0.29) is 11.7 Å². The zero-order chi connectivity index (χ0) is 23.7. The highest BCUT2D eigenvalue weighted by Gasteiger charge is 2.28. The Kier molecular flexibility index (Phi) is 6.54. The number of nitrogens with zero attached hydrogens (tertiary/aromatic N) is 4. The number of benzene rings is 3. The summed E-state index contributed by atoms with van der Waals surface area (Å²) in [6, 6.07) is 21.4. The Hall–Kier alpha value is -2.94. The molecule has 3 aromatic carbocycles. The number of ether oxygens (including phenoxy) is 1. The van der Waals surface area contributed by atoms with Crippen molar-refractivity contribution >= 4 is 52.4 Å². The number of carbonyl (C=O) groups is 1. The van der Waals surface area contributed by atoms with E-state index in [4.69, 9.17) is 16.3 Å². The molecule has 4 aromatic rings. The van der Waals surface area contributed by atoms with E-state index in [2.05, 4.69) is 10.2 Å². The van der Waals surface area contributed by atoms with Gasteiger partial charge in [0, 0.05) is 21.4 Å². The molecule has 172 valence electrons. The fraction of sp³-hybridized carbons (Fsp3) is 0.160. The Morgan fingerprint density at radius 1 is 1.03 bits per heavy atom. The summed E-state index contributed by atoms with van der Waals surface area (Å²) in [5, 5.41) is 10.0. The van der Waals surface area contributed by atoms with E-state index < -0.39 is 0 Å². The van der Waals surface area contributed by atoms with Crippen molar-refractivity contribution in [3.05, 3.63) is 71.8 Å². The molecule has 9 heteroatoms. The van der Waals surface area contributed by atoms with Gasteiger partial charge in [-0.05, 0) is 49.4 Å². The SMILES string of the molecule is CCn1c(SCC(=O)N2c3ccccc3Sc3ccccc32)nnc1-c1cc(Cl)ccc1OC. The molecule has 1 aromatic heterocycles. The number of fused-ring (bicyclic) bond motifs is 2. The molecule has 5 rings (SSSR count). The molecule has 0 saturated carbocycles. The lowest BCUT2D eigenvalue weighted by Gasteiger charge is -2.30. The van der Waals surface area contributed by atoms with Gasteiger partial charge in [-0.25, -0.2) is 0 Å². The number of hydrogen-bond donors (Lipinski definition) is 0. The van der Waals surface area contributed by atoms with Gasteiger partial charge in [0.1, 0.15) is 5.75 Å². The first-order valence-electron chi connectivity index (χ1n) is 10.7. The third-order valence-corrected chi connectivity index (χ3v) is 7.76. The fourth-order valence-corrected chi connectivity index (χ4v) is 5.98. The van der Waals surface area contributed by atoms with E-state index in [1.165, 1.54) is 11.8 Å². The van der Waals surface area contributed by atoms with Crippen molar-refractivity contribution in [1.29, 1.82) is 0 Å². The molecule has 6 nitrogen and oxygen atoms in total. The van der Waals surface area contributed by atoms with Gasteiger partial charge in [0.15, 0.2) is 11.0 Å². The van der Waals surface area contributed by atoms with Crippen LogP contribution >= 0.6 is 35.1 Å². The monoisotopic (exact) mass is 508 g/mol. The highest BCUT2D eigenvalue weighted by molar-refractivity contribution is 8.00. The summed E-state index contributed by atoms with van der Waals surface area (Å²) in [7, 11) is 1.61. The van der Waals surface area contributed by atoms with Crippen LogP contribution in [0.3, 0.4) is 0 Å². The number of hydrogen-bond acceptors (Lipinski definition) is 6. The Morgan fingerprint density at radius 3 is 2.35 bits per heavy atom. The molecule has 0 fully saturated rings. The molecule has 0 N–H and O–H groups in total. The Balaban J connectivity index is 1.43. The second-order valence-corrected chi connectivity index (χ2v) is 9.91. The summed E-state index contributed by atoms with van der Waals surface area (Å²) in [6.07, 6.45) is 0.